The molecule has 0 aliphatic rings. The van der Waals surface area contributed by atoms with Gasteiger partial charge < -0.3 is 33.8 Å². The molecule has 5 atom stereocenters. The molecule has 0 heterocycles. The van der Waals surface area contributed by atoms with Crippen molar-refractivity contribution in [3.05, 3.63) is 0 Å². The maximum Gasteiger partial charge on any atom is 0.472 e. The Balaban J connectivity index is 5.13. The molecular formula is C70H136O17P2. The molecule has 0 bridgehead atoms. The Morgan fingerprint density at radius 2 is 0.517 bits per heavy atom. The Morgan fingerprint density at radius 3 is 0.764 bits per heavy atom. The zero-order chi connectivity index (χ0) is 65.7. The van der Waals surface area contributed by atoms with E-state index in [0.717, 1.165) is 115 Å². The van der Waals surface area contributed by atoms with Gasteiger partial charge in [-0.3, -0.25) is 37.3 Å². The van der Waals surface area contributed by atoms with Crippen molar-refractivity contribution in [2.45, 2.75) is 374 Å². The van der Waals surface area contributed by atoms with Gasteiger partial charge in [0.2, 0.25) is 0 Å². The van der Waals surface area contributed by atoms with Crippen LogP contribution in [0.3, 0.4) is 0 Å². The van der Waals surface area contributed by atoms with Crippen LogP contribution >= 0.6 is 15.6 Å². The fourth-order valence-corrected chi connectivity index (χ4v) is 12.2. The molecule has 0 aliphatic heterocycles. The minimum atomic E-state index is -4.95. The molecule has 0 radical (unpaired) electrons. The van der Waals surface area contributed by atoms with Gasteiger partial charge in [-0.2, -0.15) is 0 Å². The highest BCUT2D eigenvalue weighted by Crippen LogP contribution is 2.45. The van der Waals surface area contributed by atoms with Crippen LogP contribution < -0.4 is 0 Å². The molecule has 17 nitrogen and oxygen atoms in total. The first-order chi connectivity index (χ1) is 42.9. The lowest BCUT2D eigenvalue weighted by Crippen LogP contribution is -2.30. The number of hydrogen-bond acceptors (Lipinski definition) is 15. The average molecular weight is 1310 g/mol. The first-order valence-electron chi connectivity index (χ1n) is 36.5. The number of unbranched alkanes of at least 4 members (excludes halogenated alkanes) is 39. The number of carbonyl (C=O) groups is 4. The Morgan fingerprint density at radius 1 is 0.303 bits per heavy atom. The Labute approximate surface area is 543 Å². The molecule has 0 fully saturated rings. The third-order valence-electron chi connectivity index (χ3n) is 16.2. The van der Waals surface area contributed by atoms with Gasteiger partial charge in [0.25, 0.3) is 0 Å². The summed E-state index contributed by atoms with van der Waals surface area (Å²) in [6.45, 7) is 9.51. The molecule has 89 heavy (non-hydrogen) atoms. The summed E-state index contributed by atoms with van der Waals surface area (Å²) in [6.07, 6.45) is 47.5. The lowest BCUT2D eigenvalue weighted by molar-refractivity contribution is -0.161. The van der Waals surface area contributed by atoms with E-state index < -0.39 is 97.5 Å². The summed E-state index contributed by atoms with van der Waals surface area (Å²) < 4.78 is 68.1. The van der Waals surface area contributed by atoms with E-state index in [-0.39, 0.29) is 25.7 Å². The van der Waals surface area contributed by atoms with Crippen LogP contribution in [0.4, 0.5) is 0 Å². The minimum Gasteiger partial charge on any atom is -0.462 e. The quantitative estimate of drug-likeness (QED) is 0.0222. The average Bonchev–Trinajstić information content (AvgIpc) is 3.51. The van der Waals surface area contributed by atoms with Crippen LogP contribution in [-0.4, -0.2) is 96.7 Å². The van der Waals surface area contributed by atoms with Crippen LogP contribution in [0.1, 0.15) is 356 Å². The Hall–Kier alpha value is -1.94. The largest absolute Gasteiger partial charge is 0.472 e. The number of phosphoric ester groups is 2. The van der Waals surface area contributed by atoms with Crippen molar-refractivity contribution in [3.63, 3.8) is 0 Å². The lowest BCUT2D eigenvalue weighted by Gasteiger charge is -2.21. The normalized spacial score (nSPS) is 14.1. The molecule has 0 aromatic rings. The Bertz CT molecular complexity index is 1730. The van der Waals surface area contributed by atoms with Crippen LogP contribution in [-0.2, 0) is 65.4 Å². The number of carbonyl (C=O) groups excluding carboxylic acids is 4. The minimum absolute atomic E-state index is 0.105. The maximum atomic E-state index is 13.0. The predicted octanol–water partition coefficient (Wildman–Crippen LogP) is 20.0. The highest BCUT2D eigenvalue weighted by Gasteiger charge is 2.30. The van der Waals surface area contributed by atoms with Gasteiger partial charge in [-0.25, -0.2) is 9.13 Å². The van der Waals surface area contributed by atoms with Crippen molar-refractivity contribution in [2.75, 3.05) is 39.6 Å². The zero-order valence-corrected chi connectivity index (χ0v) is 59.5. The molecule has 528 valence electrons. The van der Waals surface area contributed by atoms with Crippen molar-refractivity contribution in [3.8, 4) is 0 Å². The SMILES string of the molecule is CCCCCCCCCCC(=O)OC[C@H](COP(=O)(O)OC[C@H](O)COP(=O)(O)OC[C@@H](COC(=O)CCCCCCCCCCCC(C)C)OC(=O)CCCCCCCCCCCCCCCCCCCCC(C)C)OC(=O)CCCCCCCCCC. The van der Waals surface area contributed by atoms with E-state index >= 15 is 0 Å². The third kappa shape index (κ3) is 64.6. The highest BCUT2D eigenvalue weighted by atomic mass is 31.2. The number of rotatable bonds is 69. The molecule has 0 aromatic heterocycles. The van der Waals surface area contributed by atoms with Gasteiger partial charge in [0.1, 0.15) is 19.3 Å². The van der Waals surface area contributed by atoms with Crippen molar-refractivity contribution in [2.24, 2.45) is 11.8 Å². The van der Waals surface area contributed by atoms with E-state index in [1.54, 1.807) is 0 Å². The molecular weight excluding hydrogens is 1170 g/mol. The lowest BCUT2D eigenvalue weighted by atomic mass is 10.0. The zero-order valence-electron chi connectivity index (χ0n) is 57.7. The van der Waals surface area contributed by atoms with Crippen LogP contribution in [0.2, 0.25) is 0 Å². The molecule has 19 heteroatoms. The van der Waals surface area contributed by atoms with Gasteiger partial charge in [-0.15, -0.1) is 0 Å². The molecule has 0 saturated heterocycles. The second kappa shape index (κ2) is 62.2. The highest BCUT2D eigenvalue weighted by molar-refractivity contribution is 7.47. The van der Waals surface area contributed by atoms with Crippen LogP contribution in [0.25, 0.3) is 0 Å². The number of aliphatic hydroxyl groups is 1. The smallest absolute Gasteiger partial charge is 0.462 e. The molecule has 3 N–H and O–H groups in total. The summed E-state index contributed by atoms with van der Waals surface area (Å²) in [5, 5.41) is 10.6. The summed E-state index contributed by atoms with van der Waals surface area (Å²) >= 11 is 0. The number of hydrogen-bond donors (Lipinski definition) is 3. The molecule has 0 spiro atoms. The summed E-state index contributed by atoms with van der Waals surface area (Å²) in [4.78, 5) is 72.3. The Kier molecular flexibility index (Phi) is 60.8. The summed E-state index contributed by atoms with van der Waals surface area (Å²) in [5.41, 5.74) is 0. The fourth-order valence-electron chi connectivity index (χ4n) is 10.6. The topological polar surface area (TPSA) is 237 Å². The van der Waals surface area contributed by atoms with Crippen molar-refractivity contribution in [1.82, 2.24) is 0 Å². The van der Waals surface area contributed by atoms with Gasteiger partial charge in [-0.1, -0.05) is 305 Å². The molecule has 0 amide bonds. The number of aliphatic hydroxyl groups excluding tert-OH is 1. The predicted molar refractivity (Wildman–Crippen MR) is 358 cm³/mol. The summed E-state index contributed by atoms with van der Waals surface area (Å²) in [5.74, 6) is -0.566. The monoisotopic (exact) mass is 1310 g/mol. The van der Waals surface area contributed by atoms with E-state index in [2.05, 4.69) is 41.5 Å². The van der Waals surface area contributed by atoms with Crippen LogP contribution in [0.5, 0.6) is 0 Å². The summed E-state index contributed by atoms with van der Waals surface area (Å²) in [6, 6.07) is 0. The third-order valence-corrected chi connectivity index (χ3v) is 18.1. The maximum absolute atomic E-state index is 13.0. The molecule has 0 rings (SSSR count). The molecule has 0 saturated carbocycles. The second-order valence-corrected chi connectivity index (χ2v) is 29.1. The number of phosphoric acid groups is 2. The van der Waals surface area contributed by atoms with E-state index in [0.29, 0.717) is 25.7 Å². The molecule has 0 aliphatic carbocycles. The molecule has 2 unspecified atom stereocenters. The number of ether oxygens (including phenoxy) is 4. The van der Waals surface area contributed by atoms with Gasteiger partial charge in [0.15, 0.2) is 12.2 Å². The first kappa shape index (κ1) is 87.1. The van der Waals surface area contributed by atoms with E-state index in [9.17, 15) is 43.2 Å². The summed E-state index contributed by atoms with van der Waals surface area (Å²) in [7, 11) is -9.89. The fraction of sp³-hybridized carbons (Fsp3) is 0.943. The first-order valence-corrected chi connectivity index (χ1v) is 39.5. The second-order valence-electron chi connectivity index (χ2n) is 26.2. The van der Waals surface area contributed by atoms with Crippen molar-refractivity contribution < 1.29 is 80.2 Å². The number of esters is 4. The van der Waals surface area contributed by atoms with Crippen molar-refractivity contribution in [1.29, 1.82) is 0 Å². The van der Waals surface area contributed by atoms with Gasteiger partial charge in [0, 0.05) is 25.7 Å². The van der Waals surface area contributed by atoms with Gasteiger partial charge >= 0.3 is 39.5 Å². The van der Waals surface area contributed by atoms with E-state index in [1.807, 2.05) is 0 Å². The van der Waals surface area contributed by atoms with Gasteiger partial charge in [-0.05, 0) is 37.5 Å². The van der Waals surface area contributed by atoms with Crippen LogP contribution in [0.15, 0.2) is 0 Å². The molecule has 0 aromatic carbocycles. The van der Waals surface area contributed by atoms with Crippen LogP contribution in [0, 0.1) is 11.8 Å². The van der Waals surface area contributed by atoms with E-state index in [1.165, 1.54) is 161 Å². The van der Waals surface area contributed by atoms with Crippen molar-refractivity contribution >= 4 is 39.5 Å². The van der Waals surface area contributed by atoms with E-state index in [4.69, 9.17) is 37.0 Å². The van der Waals surface area contributed by atoms with Gasteiger partial charge in [0.05, 0.1) is 26.4 Å². The standard InChI is InChI=1S/C70H136O17P2/c1-7-9-11-13-15-34-40-46-52-67(72)80-58-65(86-69(74)54-48-42-35-16-14-12-10-8-2)60-84-88(76,77)82-56-64(71)57-83-89(78,79)85-61-66(59-81-68(73)53-47-41-36-31-27-29-33-39-45-51-63(5)6)87-70(75)55-49-43-37-30-26-24-22-20-18-17-19-21-23-25-28-32-38-44-50-62(3)4/h62-66,71H,7-61H2,1-6H3,(H,76,77)(H,78,79)/t64-,65+,66+/m0/s1.